The Kier molecular flexibility index (Phi) is 6.18. The van der Waals surface area contributed by atoms with Gasteiger partial charge in [-0.2, -0.15) is 0 Å². The lowest BCUT2D eigenvalue weighted by atomic mass is 10.1. The number of nitrogens with two attached hydrogens (primary N) is 1. The van der Waals surface area contributed by atoms with Crippen LogP contribution in [0.2, 0.25) is 0 Å². The molecule has 0 aromatic heterocycles. The maximum Gasteiger partial charge on any atom is 0.414 e. The van der Waals surface area contributed by atoms with Crippen LogP contribution in [0.5, 0.6) is 0 Å². The van der Waals surface area contributed by atoms with Crippen LogP contribution in [0.1, 0.15) is 37.4 Å². The van der Waals surface area contributed by atoms with Crippen LogP contribution in [0.3, 0.4) is 0 Å². The lowest BCUT2D eigenvalue weighted by Crippen LogP contribution is -2.32. The Labute approximate surface area is 137 Å². The molecule has 0 fully saturated rings. The maximum atomic E-state index is 12.5. The molecule has 1 unspecified atom stereocenters. The zero-order chi connectivity index (χ0) is 16.7. The van der Waals surface area contributed by atoms with Crippen molar-refractivity contribution in [3.63, 3.8) is 0 Å². The van der Waals surface area contributed by atoms with Crippen LogP contribution in [0.15, 0.2) is 54.6 Å². The summed E-state index contributed by atoms with van der Waals surface area (Å²) in [5.74, 6) is 0. The second kappa shape index (κ2) is 8.34. The average molecular weight is 312 g/mol. The first kappa shape index (κ1) is 17.0. The molecule has 1 atom stereocenters. The Hall–Kier alpha value is -2.33. The van der Waals surface area contributed by atoms with Gasteiger partial charge in [0.25, 0.3) is 0 Å². The van der Waals surface area contributed by atoms with Crippen molar-refractivity contribution in [1.29, 1.82) is 0 Å². The van der Waals surface area contributed by atoms with Gasteiger partial charge in [0.1, 0.15) is 6.61 Å². The zero-order valence-corrected chi connectivity index (χ0v) is 13.7. The summed E-state index contributed by atoms with van der Waals surface area (Å²) in [5.41, 5.74) is 8.73. The number of carbonyl (C=O) groups excluding carboxylic acids is 1. The molecule has 4 heteroatoms. The number of anilines is 1. The van der Waals surface area contributed by atoms with Crippen molar-refractivity contribution >= 4 is 11.8 Å². The molecule has 0 aliphatic heterocycles. The standard InChI is InChI=1S/C19H24N2O2/c1-3-12-21(18-11-7-10-17(13-18)15(2)20)19(22)23-14-16-8-5-4-6-9-16/h4-11,13,15H,3,12,14,20H2,1-2H3. The highest BCUT2D eigenvalue weighted by Crippen LogP contribution is 2.21. The smallest absolute Gasteiger partial charge is 0.414 e. The fraction of sp³-hybridized carbons (Fsp3) is 0.316. The number of benzene rings is 2. The summed E-state index contributed by atoms with van der Waals surface area (Å²) in [7, 11) is 0. The van der Waals surface area contributed by atoms with Gasteiger partial charge >= 0.3 is 6.09 Å². The Balaban J connectivity index is 2.10. The zero-order valence-electron chi connectivity index (χ0n) is 13.7. The van der Waals surface area contributed by atoms with Gasteiger partial charge in [-0.1, -0.05) is 49.4 Å². The van der Waals surface area contributed by atoms with Crippen LogP contribution in [0, 0.1) is 0 Å². The summed E-state index contributed by atoms with van der Waals surface area (Å²) in [6, 6.07) is 17.3. The molecule has 122 valence electrons. The van der Waals surface area contributed by atoms with Crippen LogP contribution in [0.4, 0.5) is 10.5 Å². The molecule has 0 saturated heterocycles. The van der Waals surface area contributed by atoms with Crippen molar-refractivity contribution in [2.75, 3.05) is 11.4 Å². The van der Waals surface area contributed by atoms with Crippen molar-refractivity contribution < 1.29 is 9.53 Å². The van der Waals surface area contributed by atoms with Crippen molar-refractivity contribution in [2.45, 2.75) is 32.9 Å². The van der Waals surface area contributed by atoms with Crippen LogP contribution in [-0.4, -0.2) is 12.6 Å². The molecule has 0 aliphatic rings. The fourth-order valence-electron chi connectivity index (χ4n) is 2.32. The monoisotopic (exact) mass is 312 g/mol. The summed E-state index contributed by atoms with van der Waals surface area (Å²) in [4.78, 5) is 14.1. The number of hydrogen-bond donors (Lipinski definition) is 1. The van der Waals surface area contributed by atoms with Gasteiger partial charge in [-0.15, -0.1) is 0 Å². The third-order valence-electron chi connectivity index (χ3n) is 3.58. The number of ether oxygens (including phenoxy) is 1. The van der Waals surface area contributed by atoms with E-state index in [-0.39, 0.29) is 18.7 Å². The summed E-state index contributed by atoms with van der Waals surface area (Å²) < 4.78 is 5.45. The van der Waals surface area contributed by atoms with Crippen molar-refractivity contribution in [1.82, 2.24) is 0 Å². The van der Waals surface area contributed by atoms with Crippen LogP contribution in [0.25, 0.3) is 0 Å². The summed E-state index contributed by atoms with van der Waals surface area (Å²) in [6.45, 7) is 4.84. The third kappa shape index (κ3) is 4.83. The Morgan fingerprint density at radius 1 is 1.17 bits per heavy atom. The summed E-state index contributed by atoms with van der Waals surface area (Å²) in [5, 5.41) is 0. The van der Waals surface area contributed by atoms with Gasteiger partial charge in [-0.3, -0.25) is 4.90 Å². The molecular formula is C19H24N2O2. The van der Waals surface area contributed by atoms with E-state index >= 15 is 0 Å². The van der Waals surface area contributed by atoms with Gasteiger partial charge in [-0.05, 0) is 36.6 Å². The van der Waals surface area contributed by atoms with E-state index in [0.717, 1.165) is 23.2 Å². The lowest BCUT2D eigenvalue weighted by molar-refractivity contribution is 0.147. The number of nitrogens with zero attached hydrogens (tertiary/aromatic N) is 1. The van der Waals surface area contributed by atoms with Gasteiger partial charge < -0.3 is 10.5 Å². The van der Waals surface area contributed by atoms with E-state index < -0.39 is 0 Å². The molecule has 0 radical (unpaired) electrons. The minimum absolute atomic E-state index is 0.0706. The molecule has 2 N–H and O–H groups in total. The molecule has 0 aliphatic carbocycles. The molecule has 2 rings (SSSR count). The molecule has 2 aromatic carbocycles. The number of carbonyl (C=O) groups is 1. The van der Waals surface area contributed by atoms with E-state index in [1.807, 2.05) is 68.4 Å². The van der Waals surface area contributed by atoms with Gasteiger partial charge in [0.2, 0.25) is 0 Å². The summed E-state index contributed by atoms with van der Waals surface area (Å²) in [6.07, 6.45) is 0.514. The van der Waals surface area contributed by atoms with Crippen molar-refractivity contribution in [2.24, 2.45) is 5.73 Å². The Morgan fingerprint density at radius 3 is 2.57 bits per heavy atom. The minimum atomic E-state index is -0.336. The lowest BCUT2D eigenvalue weighted by Gasteiger charge is -2.22. The number of rotatable bonds is 6. The quantitative estimate of drug-likeness (QED) is 0.867. The number of hydrogen-bond acceptors (Lipinski definition) is 3. The first-order valence-corrected chi connectivity index (χ1v) is 7.95. The van der Waals surface area contributed by atoms with Crippen LogP contribution < -0.4 is 10.6 Å². The summed E-state index contributed by atoms with van der Waals surface area (Å²) >= 11 is 0. The van der Waals surface area contributed by atoms with E-state index in [0.29, 0.717) is 6.54 Å². The van der Waals surface area contributed by atoms with Crippen LogP contribution >= 0.6 is 0 Å². The molecule has 4 nitrogen and oxygen atoms in total. The first-order chi connectivity index (χ1) is 11.1. The highest BCUT2D eigenvalue weighted by Gasteiger charge is 2.17. The maximum absolute atomic E-state index is 12.5. The largest absolute Gasteiger partial charge is 0.444 e. The van der Waals surface area contributed by atoms with E-state index in [2.05, 4.69) is 0 Å². The normalized spacial score (nSPS) is 11.8. The van der Waals surface area contributed by atoms with Crippen LogP contribution in [-0.2, 0) is 11.3 Å². The molecule has 0 heterocycles. The average Bonchev–Trinajstić information content (AvgIpc) is 2.58. The second-order valence-corrected chi connectivity index (χ2v) is 5.58. The molecule has 0 spiro atoms. The van der Waals surface area contributed by atoms with Gasteiger partial charge in [-0.25, -0.2) is 4.79 Å². The molecule has 1 amide bonds. The van der Waals surface area contributed by atoms with Gasteiger partial charge in [0, 0.05) is 18.3 Å². The van der Waals surface area contributed by atoms with E-state index in [1.54, 1.807) is 4.90 Å². The van der Waals surface area contributed by atoms with Crippen molar-refractivity contribution in [3.05, 3.63) is 65.7 Å². The molecule has 23 heavy (non-hydrogen) atoms. The number of amides is 1. The Morgan fingerprint density at radius 2 is 1.91 bits per heavy atom. The van der Waals surface area contributed by atoms with Gasteiger partial charge in [0.15, 0.2) is 0 Å². The molecule has 0 bridgehead atoms. The third-order valence-corrected chi connectivity index (χ3v) is 3.58. The van der Waals surface area contributed by atoms with E-state index in [1.165, 1.54) is 0 Å². The molecule has 0 saturated carbocycles. The van der Waals surface area contributed by atoms with E-state index in [9.17, 15) is 4.79 Å². The first-order valence-electron chi connectivity index (χ1n) is 7.95. The second-order valence-electron chi connectivity index (χ2n) is 5.58. The van der Waals surface area contributed by atoms with Gasteiger partial charge in [0.05, 0.1) is 0 Å². The minimum Gasteiger partial charge on any atom is -0.444 e. The predicted molar refractivity (Wildman–Crippen MR) is 93.3 cm³/mol. The topological polar surface area (TPSA) is 55.6 Å². The highest BCUT2D eigenvalue weighted by atomic mass is 16.6. The molecule has 2 aromatic rings. The predicted octanol–water partition coefficient (Wildman–Crippen LogP) is 4.26. The van der Waals surface area contributed by atoms with Crippen molar-refractivity contribution in [3.8, 4) is 0 Å². The highest BCUT2D eigenvalue weighted by molar-refractivity contribution is 5.87. The molecular weight excluding hydrogens is 288 g/mol. The Bertz CT molecular complexity index is 626. The fourth-order valence-corrected chi connectivity index (χ4v) is 2.32. The van der Waals surface area contributed by atoms with E-state index in [4.69, 9.17) is 10.5 Å². The SMILES string of the molecule is CCCN(C(=O)OCc1ccccc1)c1cccc(C(C)N)c1.